The highest BCUT2D eigenvalue weighted by molar-refractivity contribution is 5.86. The van der Waals surface area contributed by atoms with Crippen LogP contribution < -0.4 is 5.32 Å². The number of carboxylic acids is 1. The van der Waals surface area contributed by atoms with E-state index in [-0.39, 0.29) is 5.57 Å². The van der Waals surface area contributed by atoms with Crippen LogP contribution >= 0.6 is 0 Å². The fourth-order valence-electron chi connectivity index (χ4n) is 3.65. The minimum atomic E-state index is -1.78. The van der Waals surface area contributed by atoms with Crippen molar-refractivity contribution >= 4 is 17.8 Å². The van der Waals surface area contributed by atoms with Gasteiger partial charge in [0.1, 0.15) is 49.3 Å². The van der Waals surface area contributed by atoms with Crippen molar-refractivity contribution in [3.8, 4) is 0 Å². The third-order valence-electron chi connectivity index (χ3n) is 5.35. The maximum Gasteiger partial charge on any atom is 0.335 e. The van der Waals surface area contributed by atoms with E-state index in [9.17, 15) is 34.8 Å². The molecule has 0 saturated carbocycles. The zero-order valence-corrected chi connectivity index (χ0v) is 19.2. The molecular weight excluding hydrogens is 462 g/mol. The van der Waals surface area contributed by atoms with Gasteiger partial charge in [0.15, 0.2) is 18.7 Å². The van der Waals surface area contributed by atoms with Crippen LogP contribution in [0.25, 0.3) is 0 Å². The van der Waals surface area contributed by atoms with Crippen molar-refractivity contribution in [3.63, 3.8) is 0 Å². The summed E-state index contributed by atoms with van der Waals surface area (Å²) in [5.41, 5.74) is 0.109. The predicted molar refractivity (Wildman–Crippen MR) is 109 cm³/mol. The molecule has 10 atom stereocenters. The van der Waals surface area contributed by atoms with Crippen LogP contribution in [-0.2, 0) is 42.8 Å². The van der Waals surface area contributed by atoms with Crippen LogP contribution in [0.3, 0.4) is 0 Å². The molecule has 2 fully saturated rings. The highest BCUT2D eigenvalue weighted by Gasteiger charge is 2.53. The molecule has 1 amide bonds. The third-order valence-corrected chi connectivity index (χ3v) is 5.35. The first kappa shape index (κ1) is 28.1. The van der Waals surface area contributed by atoms with E-state index in [1.54, 1.807) is 0 Å². The number of nitrogens with one attached hydrogen (secondary N) is 1. The van der Waals surface area contributed by atoms with Gasteiger partial charge in [-0.2, -0.15) is 0 Å². The smallest absolute Gasteiger partial charge is 0.335 e. The molecule has 34 heavy (non-hydrogen) atoms. The largest absolute Gasteiger partial charge is 0.479 e. The Morgan fingerprint density at radius 2 is 1.59 bits per heavy atom. The second-order valence-corrected chi connectivity index (χ2v) is 7.92. The van der Waals surface area contributed by atoms with Crippen LogP contribution in [0.1, 0.15) is 13.8 Å². The van der Waals surface area contributed by atoms with Crippen molar-refractivity contribution < 1.29 is 63.2 Å². The maximum atomic E-state index is 11.8. The lowest BCUT2D eigenvalue weighted by atomic mass is 9.95. The number of ether oxygens (including phenoxy) is 6. The monoisotopic (exact) mass is 493 g/mol. The van der Waals surface area contributed by atoms with Gasteiger partial charge in [-0.3, -0.25) is 4.79 Å². The molecule has 5 N–H and O–H groups in total. The van der Waals surface area contributed by atoms with E-state index in [0.717, 1.165) is 7.11 Å². The molecule has 0 spiro atoms. The van der Waals surface area contributed by atoms with E-state index >= 15 is 0 Å². The summed E-state index contributed by atoms with van der Waals surface area (Å²) in [5, 5.41) is 43.6. The summed E-state index contributed by atoms with van der Waals surface area (Å²) in [7, 11) is 2.39. The topological polar surface area (TPSA) is 200 Å². The number of hydrogen-bond acceptors (Lipinski definition) is 12. The van der Waals surface area contributed by atoms with Gasteiger partial charge >= 0.3 is 11.9 Å². The molecule has 0 aliphatic carbocycles. The molecule has 2 heterocycles. The van der Waals surface area contributed by atoms with Gasteiger partial charge in [-0.25, -0.2) is 9.59 Å². The Balaban J connectivity index is 2.31. The SMILES string of the molecule is C=C(C)C(=O)OCC1O[C@@H](OC)C(NC(C)=O)[C@@H](O[C@@H]2OC(C(=O)O)[C@@H](OC)[C@H](O)C2O)[C@@H]1O. The summed E-state index contributed by atoms with van der Waals surface area (Å²) in [4.78, 5) is 35.1. The molecule has 14 heteroatoms. The van der Waals surface area contributed by atoms with Crippen LogP contribution in [0, 0.1) is 0 Å². The average molecular weight is 493 g/mol. The molecule has 2 aliphatic heterocycles. The number of amides is 1. The minimum Gasteiger partial charge on any atom is -0.479 e. The number of esters is 1. The lowest BCUT2D eigenvalue weighted by Gasteiger charge is -2.47. The predicted octanol–water partition coefficient (Wildman–Crippen LogP) is -2.73. The normalized spacial score (nSPS) is 38.1. The van der Waals surface area contributed by atoms with E-state index in [4.69, 9.17) is 28.4 Å². The standard InChI is InChI=1S/C20H31NO13/c1-7(2)18(28)31-6-9-11(23)14(10(21-8(3)22)19(30-5)32-9)33-20-13(25)12(24)15(29-4)16(34-20)17(26)27/h9-16,19-20,23-25H,1,6H2,2-5H3,(H,21,22)(H,26,27)/t9?,10?,11-,12-,13?,14-,15+,16?,19-,20-/m1/s1. The van der Waals surface area contributed by atoms with Gasteiger partial charge < -0.3 is 54.2 Å². The van der Waals surface area contributed by atoms with E-state index < -0.39 is 85.8 Å². The average Bonchev–Trinajstić information content (AvgIpc) is 2.77. The number of methoxy groups -OCH3 is 2. The van der Waals surface area contributed by atoms with Gasteiger partial charge in [0.25, 0.3) is 0 Å². The number of carboxylic acid groups (broad SMARTS) is 1. The Labute approximate surface area is 195 Å². The van der Waals surface area contributed by atoms with Gasteiger partial charge in [0.2, 0.25) is 5.91 Å². The van der Waals surface area contributed by atoms with Crippen molar-refractivity contribution in [2.45, 2.75) is 75.2 Å². The first-order valence-electron chi connectivity index (χ1n) is 10.3. The highest BCUT2D eigenvalue weighted by atomic mass is 16.7. The number of aliphatic hydroxyl groups is 3. The van der Waals surface area contributed by atoms with Crippen molar-refractivity contribution in [1.29, 1.82) is 0 Å². The number of aliphatic carboxylic acids is 1. The fourth-order valence-corrected chi connectivity index (χ4v) is 3.65. The molecule has 4 unspecified atom stereocenters. The van der Waals surface area contributed by atoms with Crippen LogP contribution in [-0.4, -0.2) is 120 Å². The summed E-state index contributed by atoms with van der Waals surface area (Å²) in [6.45, 7) is 5.63. The molecule has 194 valence electrons. The fraction of sp³-hybridized carbons (Fsp3) is 0.750. The Hall–Kier alpha value is -2.17. The van der Waals surface area contributed by atoms with Crippen molar-refractivity contribution in [2.24, 2.45) is 0 Å². The van der Waals surface area contributed by atoms with E-state index in [1.807, 2.05) is 0 Å². The Kier molecular flexibility index (Phi) is 9.90. The zero-order chi connectivity index (χ0) is 25.7. The van der Waals surface area contributed by atoms with Crippen molar-refractivity contribution in [1.82, 2.24) is 5.32 Å². The maximum absolute atomic E-state index is 11.8. The molecular formula is C20H31NO13. The highest BCUT2D eigenvalue weighted by Crippen LogP contribution is 2.30. The molecule has 2 rings (SSSR count). The lowest BCUT2D eigenvalue weighted by molar-refractivity contribution is -0.340. The van der Waals surface area contributed by atoms with Crippen LogP contribution in [0.2, 0.25) is 0 Å². The number of carbonyl (C=O) groups excluding carboxylic acids is 2. The molecule has 0 aromatic rings. The molecule has 0 aromatic carbocycles. The quantitative estimate of drug-likeness (QED) is 0.164. The van der Waals surface area contributed by atoms with Crippen molar-refractivity contribution in [2.75, 3.05) is 20.8 Å². The molecule has 2 saturated heterocycles. The van der Waals surface area contributed by atoms with E-state index in [1.165, 1.54) is 21.0 Å². The molecule has 0 bridgehead atoms. The molecule has 0 aromatic heterocycles. The summed E-state index contributed by atoms with van der Waals surface area (Å²) in [6.07, 6.45) is -13.8. The van der Waals surface area contributed by atoms with Crippen LogP contribution in [0.5, 0.6) is 0 Å². The van der Waals surface area contributed by atoms with Crippen LogP contribution in [0.15, 0.2) is 12.2 Å². The summed E-state index contributed by atoms with van der Waals surface area (Å²) in [6, 6.07) is -1.16. The summed E-state index contributed by atoms with van der Waals surface area (Å²) >= 11 is 0. The minimum absolute atomic E-state index is 0.109. The van der Waals surface area contributed by atoms with Gasteiger partial charge in [0.05, 0.1) is 0 Å². The second kappa shape index (κ2) is 12.0. The van der Waals surface area contributed by atoms with Gasteiger partial charge in [0, 0.05) is 26.7 Å². The van der Waals surface area contributed by atoms with E-state index in [0.29, 0.717) is 0 Å². The molecule has 14 nitrogen and oxygen atoms in total. The Morgan fingerprint density at radius 1 is 0.941 bits per heavy atom. The van der Waals surface area contributed by atoms with Gasteiger partial charge in [-0.1, -0.05) is 6.58 Å². The summed E-state index contributed by atoms with van der Waals surface area (Å²) < 4.78 is 31.8. The first-order valence-corrected chi connectivity index (χ1v) is 10.3. The van der Waals surface area contributed by atoms with E-state index in [2.05, 4.69) is 11.9 Å². The lowest BCUT2D eigenvalue weighted by Crippen LogP contribution is -2.68. The molecule has 2 aliphatic rings. The van der Waals surface area contributed by atoms with Crippen LogP contribution in [0.4, 0.5) is 0 Å². The number of aliphatic hydroxyl groups excluding tert-OH is 3. The number of hydrogen-bond donors (Lipinski definition) is 5. The number of carbonyl (C=O) groups is 3. The zero-order valence-electron chi connectivity index (χ0n) is 19.2. The Bertz CT molecular complexity index is 761. The third kappa shape index (κ3) is 6.28. The van der Waals surface area contributed by atoms with Crippen molar-refractivity contribution in [3.05, 3.63) is 12.2 Å². The Morgan fingerprint density at radius 3 is 2.09 bits per heavy atom. The number of rotatable bonds is 9. The molecule has 0 radical (unpaired) electrons. The second-order valence-electron chi connectivity index (χ2n) is 7.92. The first-order chi connectivity index (χ1) is 15.9. The van der Waals surface area contributed by atoms with Gasteiger partial charge in [-0.15, -0.1) is 0 Å². The van der Waals surface area contributed by atoms with Gasteiger partial charge in [-0.05, 0) is 6.92 Å². The summed E-state index contributed by atoms with van der Waals surface area (Å²) in [5.74, 6) is -2.77.